The zero-order valence-electron chi connectivity index (χ0n) is 12.7. The summed E-state index contributed by atoms with van der Waals surface area (Å²) in [5, 5.41) is 8.24. The lowest BCUT2D eigenvalue weighted by molar-refractivity contribution is 0.662. The number of alkyl halides is 1. The van der Waals surface area contributed by atoms with Crippen LogP contribution in [0.5, 0.6) is 0 Å². The van der Waals surface area contributed by atoms with Crippen molar-refractivity contribution < 1.29 is 0 Å². The van der Waals surface area contributed by atoms with Gasteiger partial charge >= 0.3 is 0 Å². The van der Waals surface area contributed by atoms with Gasteiger partial charge in [0.25, 0.3) is 5.56 Å². The molecule has 0 bridgehead atoms. The molecular weight excluding hydrogens is 441 g/mol. The van der Waals surface area contributed by atoms with Gasteiger partial charge in [0.05, 0.1) is 12.2 Å². The number of H-pyrrole nitrogens is 1. The molecule has 2 aromatic heterocycles. The zero-order chi connectivity index (χ0) is 16.7. The molecule has 0 saturated heterocycles. The molecule has 0 radical (unpaired) electrons. The highest BCUT2D eigenvalue weighted by Gasteiger charge is 2.27. The molecule has 124 valence electrons. The molecule has 24 heavy (non-hydrogen) atoms. The Hall–Kier alpha value is -1.61. The lowest BCUT2D eigenvalue weighted by atomic mass is 10.1. The van der Waals surface area contributed by atoms with Crippen molar-refractivity contribution in [2.45, 2.75) is 29.9 Å². The number of hydrogen-bond acceptors (Lipinski definition) is 4. The van der Waals surface area contributed by atoms with Crippen molar-refractivity contribution in [3.63, 3.8) is 0 Å². The summed E-state index contributed by atoms with van der Waals surface area (Å²) in [6.07, 6.45) is 3.81. The van der Waals surface area contributed by atoms with Crippen molar-refractivity contribution in [1.82, 2.24) is 19.7 Å². The van der Waals surface area contributed by atoms with Crippen LogP contribution in [0.25, 0.3) is 11.0 Å². The van der Waals surface area contributed by atoms with Crippen molar-refractivity contribution in [1.29, 1.82) is 0 Å². The van der Waals surface area contributed by atoms with Crippen LogP contribution >= 0.6 is 34.2 Å². The predicted octanol–water partition coefficient (Wildman–Crippen LogP) is 3.66. The SMILES string of the molecule is O=c1[nH]c(NCc2ccc(Cl)c(CI)c2)nc2cnn(C3CC3)c12. The molecule has 0 unspecified atom stereocenters. The molecule has 0 atom stereocenters. The lowest BCUT2D eigenvalue weighted by Crippen LogP contribution is -2.15. The molecule has 4 rings (SSSR count). The van der Waals surface area contributed by atoms with Crippen LogP contribution in [0.15, 0.2) is 29.2 Å². The second-order valence-corrected chi connectivity index (χ2v) is 7.05. The maximum absolute atomic E-state index is 12.4. The van der Waals surface area contributed by atoms with Gasteiger partial charge in [-0.05, 0) is 30.0 Å². The maximum Gasteiger partial charge on any atom is 0.278 e. The third kappa shape index (κ3) is 3.02. The van der Waals surface area contributed by atoms with E-state index in [9.17, 15) is 4.79 Å². The summed E-state index contributed by atoms with van der Waals surface area (Å²) in [7, 11) is 0. The van der Waals surface area contributed by atoms with Crippen molar-refractivity contribution in [2.24, 2.45) is 0 Å². The summed E-state index contributed by atoms with van der Waals surface area (Å²) in [6.45, 7) is 0.562. The van der Waals surface area contributed by atoms with Crippen LogP contribution in [0, 0.1) is 0 Å². The van der Waals surface area contributed by atoms with E-state index in [2.05, 4.69) is 49.0 Å². The van der Waals surface area contributed by atoms with Crippen LogP contribution in [0.2, 0.25) is 5.02 Å². The average molecular weight is 456 g/mol. The molecular formula is C16H15ClIN5O. The smallest absolute Gasteiger partial charge is 0.278 e. The number of aromatic nitrogens is 4. The Morgan fingerprint density at radius 2 is 2.25 bits per heavy atom. The summed E-state index contributed by atoms with van der Waals surface area (Å²) in [4.78, 5) is 19.6. The summed E-state index contributed by atoms with van der Waals surface area (Å²) < 4.78 is 2.64. The zero-order valence-corrected chi connectivity index (χ0v) is 15.6. The highest BCUT2D eigenvalue weighted by molar-refractivity contribution is 14.1. The second kappa shape index (κ2) is 6.36. The van der Waals surface area contributed by atoms with E-state index in [0.29, 0.717) is 29.6 Å². The normalized spacial score (nSPS) is 14.2. The number of rotatable bonds is 5. The fourth-order valence-electron chi connectivity index (χ4n) is 2.68. The molecule has 2 N–H and O–H groups in total. The highest BCUT2D eigenvalue weighted by Crippen LogP contribution is 2.35. The van der Waals surface area contributed by atoms with Crippen LogP contribution in [-0.2, 0) is 11.0 Å². The Bertz CT molecular complexity index is 963. The minimum atomic E-state index is -0.157. The van der Waals surface area contributed by atoms with Crippen molar-refractivity contribution >= 4 is 51.2 Å². The first-order valence-corrected chi connectivity index (χ1v) is 9.60. The van der Waals surface area contributed by atoms with Crippen molar-refractivity contribution in [3.8, 4) is 0 Å². The van der Waals surface area contributed by atoms with E-state index in [-0.39, 0.29) is 5.56 Å². The van der Waals surface area contributed by atoms with Gasteiger partial charge in [-0.15, -0.1) is 0 Å². The van der Waals surface area contributed by atoms with E-state index >= 15 is 0 Å². The minimum absolute atomic E-state index is 0.157. The Balaban J connectivity index is 1.58. The number of fused-ring (bicyclic) bond motifs is 1. The average Bonchev–Trinajstić information content (AvgIpc) is 3.33. The van der Waals surface area contributed by atoms with Crippen LogP contribution in [-0.4, -0.2) is 19.7 Å². The fraction of sp³-hybridized carbons (Fsp3) is 0.312. The van der Waals surface area contributed by atoms with E-state index in [1.165, 1.54) is 0 Å². The maximum atomic E-state index is 12.4. The van der Waals surface area contributed by atoms with Gasteiger partial charge in [-0.1, -0.05) is 46.3 Å². The third-order valence-corrected chi connectivity index (χ3v) is 5.25. The van der Waals surface area contributed by atoms with Gasteiger partial charge in [0.15, 0.2) is 5.52 Å². The van der Waals surface area contributed by atoms with Gasteiger partial charge in [-0.25, -0.2) is 4.98 Å². The van der Waals surface area contributed by atoms with Gasteiger partial charge in [-0.2, -0.15) is 5.10 Å². The number of hydrogen-bond donors (Lipinski definition) is 2. The van der Waals surface area contributed by atoms with Crippen LogP contribution in [0.3, 0.4) is 0 Å². The molecule has 2 heterocycles. The molecule has 1 fully saturated rings. The molecule has 1 aliphatic carbocycles. The molecule has 0 spiro atoms. The Kier molecular flexibility index (Phi) is 4.21. The number of halogens is 2. The minimum Gasteiger partial charge on any atom is -0.352 e. The van der Waals surface area contributed by atoms with Gasteiger partial charge in [0.2, 0.25) is 5.95 Å². The van der Waals surface area contributed by atoms with Crippen LogP contribution in [0.4, 0.5) is 5.95 Å². The Labute approximate surface area is 156 Å². The number of nitrogens with one attached hydrogen (secondary N) is 2. The van der Waals surface area contributed by atoms with E-state index < -0.39 is 0 Å². The van der Waals surface area contributed by atoms with Crippen LogP contribution < -0.4 is 10.9 Å². The number of anilines is 1. The van der Waals surface area contributed by atoms with Crippen molar-refractivity contribution in [3.05, 3.63) is 50.9 Å². The Morgan fingerprint density at radius 3 is 3.00 bits per heavy atom. The standard InChI is InChI=1S/C16H15ClIN5O/c17-12-4-1-9(5-10(12)6-18)7-19-16-21-13-8-20-23(11-2-3-11)14(13)15(24)22-16/h1,4-5,8,11H,2-3,6-7H2,(H2,19,21,22,24). The monoisotopic (exact) mass is 455 g/mol. The predicted molar refractivity (Wildman–Crippen MR) is 103 cm³/mol. The lowest BCUT2D eigenvalue weighted by Gasteiger charge is -2.08. The summed E-state index contributed by atoms with van der Waals surface area (Å²) >= 11 is 8.43. The Morgan fingerprint density at radius 1 is 1.42 bits per heavy atom. The van der Waals surface area contributed by atoms with E-state index in [1.54, 1.807) is 10.9 Å². The molecule has 1 aromatic carbocycles. The third-order valence-electron chi connectivity index (χ3n) is 4.06. The van der Waals surface area contributed by atoms with Crippen molar-refractivity contribution in [2.75, 3.05) is 5.32 Å². The quantitative estimate of drug-likeness (QED) is 0.455. The molecule has 3 aromatic rings. The number of aromatic amines is 1. The fourth-order valence-corrected chi connectivity index (χ4v) is 3.72. The summed E-state index contributed by atoms with van der Waals surface area (Å²) in [6, 6.07) is 6.27. The van der Waals surface area contributed by atoms with Gasteiger partial charge in [0.1, 0.15) is 5.52 Å². The molecule has 8 heteroatoms. The first-order valence-electron chi connectivity index (χ1n) is 7.70. The molecule has 1 aliphatic rings. The molecule has 0 amide bonds. The van der Waals surface area contributed by atoms with Crippen LogP contribution in [0.1, 0.15) is 30.0 Å². The summed E-state index contributed by atoms with van der Waals surface area (Å²) in [5.41, 5.74) is 3.21. The number of benzene rings is 1. The highest BCUT2D eigenvalue weighted by atomic mass is 127. The summed E-state index contributed by atoms with van der Waals surface area (Å²) in [5.74, 6) is 0.453. The number of nitrogens with zero attached hydrogens (tertiary/aromatic N) is 3. The molecule has 1 saturated carbocycles. The van der Waals surface area contributed by atoms with Gasteiger partial charge < -0.3 is 5.32 Å². The first-order chi connectivity index (χ1) is 11.7. The molecule has 0 aliphatic heterocycles. The van der Waals surface area contributed by atoms with Gasteiger partial charge in [-0.3, -0.25) is 14.5 Å². The second-order valence-electron chi connectivity index (χ2n) is 5.88. The first kappa shape index (κ1) is 15.9. The van der Waals surface area contributed by atoms with E-state index in [1.807, 2.05) is 12.1 Å². The van der Waals surface area contributed by atoms with Gasteiger partial charge in [0, 0.05) is 16.0 Å². The molecule has 6 nitrogen and oxygen atoms in total. The van der Waals surface area contributed by atoms with E-state index in [0.717, 1.165) is 33.4 Å². The topological polar surface area (TPSA) is 75.6 Å². The largest absolute Gasteiger partial charge is 0.352 e. The van der Waals surface area contributed by atoms with E-state index in [4.69, 9.17) is 11.6 Å².